The van der Waals surface area contributed by atoms with E-state index in [9.17, 15) is 4.79 Å². The molecular formula is C21H22N4O2. The lowest BCUT2D eigenvalue weighted by Crippen LogP contribution is -2.27. The van der Waals surface area contributed by atoms with Gasteiger partial charge in [0.05, 0.1) is 7.11 Å². The van der Waals surface area contributed by atoms with Crippen LogP contribution in [-0.2, 0) is 6.42 Å². The van der Waals surface area contributed by atoms with Crippen LogP contribution in [0.25, 0.3) is 0 Å². The molecule has 27 heavy (non-hydrogen) atoms. The summed E-state index contributed by atoms with van der Waals surface area (Å²) in [6.07, 6.45) is 0.769. The highest BCUT2D eigenvalue weighted by molar-refractivity contribution is 5.92. The Morgan fingerprint density at radius 3 is 2.63 bits per heavy atom. The average Bonchev–Trinajstić information content (AvgIpc) is 2.68. The van der Waals surface area contributed by atoms with E-state index in [1.54, 1.807) is 13.2 Å². The summed E-state index contributed by atoms with van der Waals surface area (Å²) in [5.41, 5.74) is 3.01. The summed E-state index contributed by atoms with van der Waals surface area (Å²) in [6.45, 7) is 2.38. The third-order valence-corrected chi connectivity index (χ3v) is 3.95. The van der Waals surface area contributed by atoms with Gasteiger partial charge in [0, 0.05) is 24.0 Å². The molecule has 0 radical (unpaired) electrons. The van der Waals surface area contributed by atoms with Gasteiger partial charge in [0.25, 0.3) is 5.91 Å². The maximum atomic E-state index is 12.4. The van der Waals surface area contributed by atoms with Crippen molar-refractivity contribution < 1.29 is 9.53 Å². The number of nitrogens with one attached hydrogen (secondary N) is 2. The van der Waals surface area contributed by atoms with Crippen LogP contribution in [0.1, 0.15) is 21.7 Å². The van der Waals surface area contributed by atoms with Crippen LogP contribution < -0.4 is 15.4 Å². The zero-order valence-corrected chi connectivity index (χ0v) is 15.4. The Balaban J connectivity index is 1.66. The molecule has 1 heterocycles. The van der Waals surface area contributed by atoms with E-state index in [2.05, 4.69) is 20.6 Å². The van der Waals surface area contributed by atoms with Crippen LogP contribution in [-0.4, -0.2) is 29.5 Å². The Morgan fingerprint density at radius 2 is 1.85 bits per heavy atom. The van der Waals surface area contributed by atoms with E-state index >= 15 is 0 Å². The molecule has 0 aliphatic rings. The van der Waals surface area contributed by atoms with E-state index < -0.39 is 0 Å². The molecular weight excluding hydrogens is 340 g/mol. The van der Waals surface area contributed by atoms with E-state index in [0.29, 0.717) is 23.9 Å². The summed E-state index contributed by atoms with van der Waals surface area (Å²) in [5, 5.41) is 6.02. The minimum atomic E-state index is -0.217. The smallest absolute Gasteiger partial charge is 0.270 e. The van der Waals surface area contributed by atoms with Crippen molar-refractivity contribution in [2.24, 2.45) is 0 Å². The number of carbonyl (C=O) groups is 1. The van der Waals surface area contributed by atoms with Crippen LogP contribution in [0.4, 0.5) is 11.6 Å². The molecule has 2 aromatic carbocycles. The van der Waals surface area contributed by atoms with Gasteiger partial charge in [-0.2, -0.15) is 0 Å². The molecule has 0 spiro atoms. The van der Waals surface area contributed by atoms with Crippen molar-refractivity contribution in [1.29, 1.82) is 0 Å². The van der Waals surface area contributed by atoms with Gasteiger partial charge in [-0.3, -0.25) is 4.79 Å². The second kappa shape index (κ2) is 8.80. The molecule has 3 rings (SSSR count). The first-order chi connectivity index (χ1) is 13.1. The third kappa shape index (κ3) is 5.28. The number of rotatable bonds is 7. The van der Waals surface area contributed by atoms with Gasteiger partial charge >= 0.3 is 0 Å². The van der Waals surface area contributed by atoms with Crippen molar-refractivity contribution in [3.05, 3.63) is 77.6 Å². The molecule has 0 aliphatic carbocycles. The summed E-state index contributed by atoms with van der Waals surface area (Å²) < 4.78 is 5.21. The van der Waals surface area contributed by atoms with E-state index in [0.717, 1.165) is 17.9 Å². The highest BCUT2D eigenvalue weighted by atomic mass is 16.5. The Labute approximate surface area is 158 Å². The normalized spacial score (nSPS) is 10.3. The van der Waals surface area contributed by atoms with Crippen LogP contribution >= 0.6 is 0 Å². The Hall–Kier alpha value is -3.41. The first-order valence-corrected chi connectivity index (χ1v) is 8.73. The molecule has 0 aliphatic heterocycles. The Morgan fingerprint density at radius 1 is 1.04 bits per heavy atom. The van der Waals surface area contributed by atoms with Gasteiger partial charge in [-0.05, 0) is 37.1 Å². The number of ether oxygens (including phenoxy) is 1. The van der Waals surface area contributed by atoms with Gasteiger partial charge < -0.3 is 15.4 Å². The summed E-state index contributed by atoms with van der Waals surface area (Å²) in [6, 6.07) is 19.1. The van der Waals surface area contributed by atoms with Gasteiger partial charge in [-0.1, -0.05) is 36.4 Å². The van der Waals surface area contributed by atoms with Crippen molar-refractivity contribution in [2.45, 2.75) is 13.3 Å². The first-order valence-electron chi connectivity index (χ1n) is 8.73. The van der Waals surface area contributed by atoms with Gasteiger partial charge in [-0.25, -0.2) is 9.97 Å². The van der Waals surface area contributed by atoms with Crippen LogP contribution in [0, 0.1) is 6.92 Å². The number of methoxy groups -OCH3 is 1. The SMILES string of the molecule is COc1cccc(Nc2nc(C)cc(C(=O)NCCc3ccccc3)n2)c1. The molecule has 6 nitrogen and oxygen atoms in total. The van der Waals surface area contributed by atoms with Crippen LogP contribution in [0.5, 0.6) is 5.75 Å². The molecule has 2 N–H and O–H groups in total. The molecule has 0 unspecified atom stereocenters. The number of hydrogen-bond donors (Lipinski definition) is 2. The lowest BCUT2D eigenvalue weighted by Gasteiger charge is -2.10. The zero-order chi connectivity index (χ0) is 19.1. The van der Waals surface area contributed by atoms with Gasteiger partial charge in [-0.15, -0.1) is 0 Å². The summed E-state index contributed by atoms with van der Waals surface area (Å²) >= 11 is 0. The van der Waals surface area contributed by atoms with Crippen LogP contribution in [0.15, 0.2) is 60.7 Å². The predicted molar refractivity (Wildman–Crippen MR) is 106 cm³/mol. The van der Waals surface area contributed by atoms with Crippen molar-refractivity contribution in [2.75, 3.05) is 19.0 Å². The van der Waals surface area contributed by atoms with Gasteiger partial charge in [0.15, 0.2) is 0 Å². The lowest BCUT2D eigenvalue weighted by molar-refractivity contribution is 0.0949. The predicted octanol–water partition coefficient (Wildman–Crippen LogP) is 3.51. The molecule has 0 bridgehead atoms. The van der Waals surface area contributed by atoms with E-state index in [1.807, 2.05) is 61.5 Å². The molecule has 0 atom stereocenters. The maximum absolute atomic E-state index is 12.4. The molecule has 138 valence electrons. The molecule has 0 fully saturated rings. The summed E-state index contributed by atoms with van der Waals surface area (Å²) in [7, 11) is 1.61. The third-order valence-electron chi connectivity index (χ3n) is 3.95. The van der Waals surface area contributed by atoms with Crippen molar-refractivity contribution >= 4 is 17.5 Å². The number of amides is 1. The first kappa shape index (κ1) is 18.4. The lowest BCUT2D eigenvalue weighted by atomic mass is 10.1. The molecule has 1 amide bonds. The Kier molecular flexibility index (Phi) is 5.99. The number of aromatic nitrogens is 2. The minimum absolute atomic E-state index is 0.217. The molecule has 6 heteroatoms. The zero-order valence-electron chi connectivity index (χ0n) is 15.4. The summed E-state index contributed by atoms with van der Waals surface area (Å²) in [4.78, 5) is 21.1. The van der Waals surface area contributed by atoms with Gasteiger partial charge in [0.2, 0.25) is 5.95 Å². The fraction of sp³-hybridized carbons (Fsp3) is 0.190. The monoisotopic (exact) mass is 362 g/mol. The standard InChI is InChI=1S/C21H22N4O2/c1-15-13-19(20(26)22-12-11-16-7-4-3-5-8-16)25-21(23-15)24-17-9-6-10-18(14-17)27-2/h3-10,13-14H,11-12H2,1-2H3,(H,22,26)(H,23,24,25). The van der Waals surface area contributed by atoms with Crippen molar-refractivity contribution in [3.8, 4) is 5.75 Å². The molecule has 3 aromatic rings. The van der Waals surface area contributed by atoms with E-state index in [1.165, 1.54) is 5.56 Å². The number of carbonyl (C=O) groups excluding carboxylic acids is 1. The molecule has 1 aromatic heterocycles. The average molecular weight is 362 g/mol. The highest BCUT2D eigenvalue weighted by Crippen LogP contribution is 2.19. The van der Waals surface area contributed by atoms with Gasteiger partial charge in [0.1, 0.15) is 11.4 Å². The van der Waals surface area contributed by atoms with Crippen LogP contribution in [0.2, 0.25) is 0 Å². The van der Waals surface area contributed by atoms with Crippen molar-refractivity contribution in [3.63, 3.8) is 0 Å². The fourth-order valence-corrected chi connectivity index (χ4v) is 2.63. The van der Waals surface area contributed by atoms with Crippen LogP contribution in [0.3, 0.4) is 0 Å². The number of benzene rings is 2. The van der Waals surface area contributed by atoms with Crippen molar-refractivity contribution in [1.82, 2.24) is 15.3 Å². The number of aryl methyl sites for hydroxylation is 1. The minimum Gasteiger partial charge on any atom is -0.497 e. The van der Waals surface area contributed by atoms with E-state index in [-0.39, 0.29) is 5.91 Å². The topological polar surface area (TPSA) is 76.1 Å². The largest absolute Gasteiger partial charge is 0.497 e. The number of hydrogen-bond acceptors (Lipinski definition) is 5. The number of anilines is 2. The molecule has 0 saturated heterocycles. The van der Waals surface area contributed by atoms with E-state index in [4.69, 9.17) is 4.74 Å². The Bertz CT molecular complexity index is 913. The molecule has 0 saturated carbocycles. The second-order valence-corrected chi connectivity index (χ2v) is 6.07. The maximum Gasteiger partial charge on any atom is 0.270 e. The highest BCUT2D eigenvalue weighted by Gasteiger charge is 2.11. The quantitative estimate of drug-likeness (QED) is 0.673. The fourth-order valence-electron chi connectivity index (χ4n) is 2.63. The second-order valence-electron chi connectivity index (χ2n) is 6.07. The summed E-state index contributed by atoms with van der Waals surface area (Å²) in [5.74, 6) is 0.883. The number of nitrogens with zero attached hydrogens (tertiary/aromatic N) is 2.